The van der Waals surface area contributed by atoms with Gasteiger partial charge in [-0.25, -0.2) is 15.0 Å². The summed E-state index contributed by atoms with van der Waals surface area (Å²) < 4.78 is 6.53. The van der Waals surface area contributed by atoms with Gasteiger partial charge in [-0.15, -0.1) is 0 Å². The van der Waals surface area contributed by atoms with Crippen LogP contribution in [0.2, 0.25) is 0 Å². The first-order valence-electron chi connectivity index (χ1n) is 17.8. The molecule has 0 amide bonds. The smallest absolute Gasteiger partial charge is 0.164 e. The molecule has 0 N–H and O–H groups in total. The molecule has 0 fully saturated rings. The zero-order valence-electron chi connectivity index (χ0n) is 28.6. The van der Waals surface area contributed by atoms with Crippen molar-refractivity contribution in [3.63, 3.8) is 0 Å². The topological polar surface area (TPSA) is 51.8 Å². The van der Waals surface area contributed by atoms with Crippen LogP contribution in [0.15, 0.2) is 192 Å². The minimum atomic E-state index is 0.596. The lowest BCUT2D eigenvalue weighted by atomic mass is 9.95. The van der Waals surface area contributed by atoms with Crippen molar-refractivity contribution in [1.82, 2.24) is 15.0 Å². The summed E-state index contributed by atoms with van der Waals surface area (Å²) in [5.74, 6) is 1.85. The summed E-state index contributed by atoms with van der Waals surface area (Å²) >= 11 is 0. The molecule has 4 nitrogen and oxygen atoms in total. The highest BCUT2D eigenvalue weighted by molar-refractivity contribution is 6.17. The molecule has 0 radical (unpaired) electrons. The molecule has 8 aromatic carbocycles. The van der Waals surface area contributed by atoms with E-state index in [1.165, 1.54) is 16.7 Å². The van der Waals surface area contributed by atoms with Gasteiger partial charge < -0.3 is 4.42 Å². The van der Waals surface area contributed by atoms with Gasteiger partial charge in [-0.3, -0.25) is 0 Å². The number of hydrogen-bond acceptors (Lipinski definition) is 4. The van der Waals surface area contributed by atoms with Crippen LogP contribution in [0.5, 0.6) is 0 Å². The Labute approximate surface area is 306 Å². The van der Waals surface area contributed by atoms with Gasteiger partial charge in [-0.2, -0.15) is 0 Å². The lowest BCUT2D eigenvalue weighted by molar-refractivity contribution is 0.669. The molecule has 0 unspecified atom stereocenters. The van der Waals surface area contributed by atoms with Gasteiger partial charge in [0.25, 0.3) is 0 Å². The average Bonchev–Trinajstić information content (AvgIpc) is 3.63. The molecule has 0 aliphatic rings. The number of nitrogens with zero attached hydrogens (tertiary/aromatic N) is 3. The second-order valence-electron chi connectivity index (χ2n) is 13.2. The lowest BCUT2D eigenvalue weighted by Crippen LogP contribution is -2.00. The van der Waals surface area contributed by atoms with Crippen LogP contribution in [-0.4, -0.2) is 15.0 Å². The summed E-state index contributed by atoms with van der Waals surface area (Å²) in [7, 11) is 0. The fraction of sp³-hybridized carbons (Fsp3) is 0. The molecule has 4 heteroatoms. The molecular weight excluding hydrogens is 647 g/mol. The van der Waals surface area contributed by atoms with Crippen LogP contribution in [0.25, 0.3) is 100 Å². The first kappa shape index (κ1) is 30.6. The van der Waals surface area contributed by atoms with Gasteiger partial charge in [0.15, 0.2) is 17.5 Å². The Bertz CT molecular complexity index is 2910. The molecule has 10 rings (SSSR count). The molecule has 0 atom stereocenters. The molecule has 10 aromatic rings. The van der Waals surface area contributed by atoms with Gasteiger partial charge in [-0.1, -0.05) is 176 Å². The Morgan fingerprint density at radius 1 is 0.283 bits per heavy atom. The molecule has 53 heavy (non-hydrogen) atoms. The second-order valence-corrected chi connectivity index (χ2v) is 13.2. The zero-order chi connectivity index (χ0) is 35.1. The molecule has 2 heterocycles. The molecular formula is C49H31N3O. The molecule has 0 saturated carbocycles. The molecule has 0 bridgehead atoms. The van der Waals surface area contributed by atoms with Crippen molar-refractivity contribution in [2.45, 2.75) is 0 Å². The van der Waals surface area contributed by atoms with E-state index in [4.69, 9.17) is 19.4 Å². The summed E-state index contributed by atoms with van der Waals surface area (Å²) in [5.41, 5.74) is 11.3. The van der Waals surface area contributed by atoms with E-state index in [0.717, 1.165) is 66.1 Å². The molecule has 0 saturated heterocycles. The zero-order valence-corrected chi connectivity index (χ0v) is 28.6. The van der Waals surface area contributed by atoms with Crippen molar-refractivity contribution in [2.75, 3.05) is 0 Å². The maximum atomic E-state index is 6.53. The molecule has 0 aliphatic heterocycles. The molecule has 2 aromatic heterocycles. The quantitative estimate of drug-likeness (QED) is 0.176. The second kappa shape index (κ2) is 12.9. The van der Waals surface area contributed by atoms with E-state index in [0.29, 0.717) is 17.5 Å². The van der Waals surface area contributed by atoms with Crippen molar-refractivity contribution in [3.05, 3.63) is 188 Å². The third-order valence-electron chi connectivity index (χ3n) is 9.98. The number of benzene rings is 8. The molecule has 248 valence electrons. The van der Waals surface area contributed by atoms with Gasteiger partial charge >= 0.3 is 0 Å². The average molecular weight is 678 g/mol. The Balaban J connectivity index is 1.11. The predicted molar refractivity (Wildman–Crippen MR) is 217 cm³/mol. The van der Waals surface area contributed by atoms with Gasteiger partial charge in [0.1, 0.15) is 11.2 Å². The van der Waals surface area contributed by atoms with E-state index in [1.807, 2.05) is 54.6 Å². The van der Waals surface area contributed by atoms with Crippen LogP contribution in [0.1, 0.15) is 0 Å². The van der Waals surface area contributed by atoms with E-state index in [-0.39, 0.29) is 0 Å². The normalized spacial score (nSPS) is 11.4. The van der Waals surface area contributed by atoms with E-state index in [2.05, 4.69) is 133 Å². The van der Waals surface area contributed by atoms with E-state index < -0.39 is 0 Å². The number of hydrogen-bond donors (Lipinski definition) is 0. The van der Waals surface area contributed by atoms with Crippen LogP contribution in [-0.2, 0) is 0 Å². The van der Waals surface area contributed by atoms with Gasteiger partial charge in [0, 0.05) is 27.5 Å². The number of aromatic nitrogens is 3. The Hall–Kier alpha value is -7.17. The highest BCUT2D eigenvalue weighted by Crippen LogP contribution is 2.42. The maximum Gasteiger partial charge on any atom is 0.164 e. The fourth-order valence-corrected chi connectivity index (χ4v) is 7.37. The minimum Gasteiger partial charge on any atom is -0.456 e. The summed E-state index contributed by atoms with van der Waals surface area (Å²) in [6.45, 7) is 0. The number of rotatable bonds is 6. The van der Waals surface area contributed by atoms with Gasteiger partial charge in [-0.05, 0) is 56.3 Å². The first-order chi connectivity index (χ1) is 26.3. The first-order valence-corrected chi connectivity index (χ1v) is 17.8. The SMILES string of the molecule is c1ccc(-c2ccc(-c3ccc(-c4cccc5oc6cccc(-c7nc(-c8ccccc8)nc(-c8cccc9ccccc89)n7)c6c45)cc3)cc2)cc1. The van der Waals surface area contributed by atoms with Crippen LogP contribution in [0.4, 0.5) is 0 Å². The third-order valence-corrected chi connectivity index (χ3v) is 9.98. The molecule has 0 aliphatic carbocycles. The van der Waals surface area contributed by atoms with E-state index >= 15 is 0 Å². The van der Waals surface area contributed by atoms with Crippen LogP contribution >= 0.6 is 0 Å². The predicted octanol–water partition coefficient (Wildman–Crippen LogP) is 12.9. The summed E-state index contributed by atoms with van der Waals surface area (Å²) in [5, 5.41) is 4.24. The highest BCUT2D eigenvalue weighted by Gasteiger charge is 2.20. The Morgan fingerprint density at radius 2 is 0.717 bits per heavy atom. The number of fused-ring (bicyclic) bond motifs is 4. The monoisotopic (exact) mass is 677 g/mol. The third kappa shape index (κ3) is 5.54. The van der Waals surface area contributed by atoms with E-state index in [1.54, 1.807) is 0 Å². The summed E-state index contributed by atoms with van der Waals surface area (Å²) in [6, 6.07) is 65.2. The van der Waals surface area contributed by atoms with Crippen molar-refractivity contribution in [3.8, 4) is 67.5 Å². The summed E-state index contributed by atoms with van der Waals surface area (Å²) in [6.07, 6.45) is 0. The van der Waals surface area contributed by atoms with Crippen LogP contribution in [0.3, 0.4) is 0 Å². The van der Waals surface area contributed by atoms with Crippen molar-refractivity contribution < 1.29 is 4.42 Å². The molecule has 0 spiro atoms. The van der Waals surface area contributed by atoms with Crippen molar-refractivity contribution in [2.24, 2.45) is 0 Å². The van der Waals surface area contributed by atoms with Crippen LogP contribution in [0, 0.1) is 0 Å². The maximum absolute atomic E-state index is 6.53. The van der Waals surface area contributed by atoms with Gasteiger partial charge in [0.05, 0.1) is 0 Å². The minimum absolute atomic E-state index is 0.596. The highest BCUT2D eigenvalue weighted by atomic mass is 16.3. The summed E-state index contributed by atoms with van der Waals surface area (Å²) in [4.78, 5) is 15.4. The fourth-order valence-electron chi connectivity index (χ4n) is 7.37. The van der Waals surface area contributed by atoms with Gasteiger partial charge in [0.2, 0.25) is 0 Å². The van der Waals surface area contributed by atoms with Crippen LogP contribution < -0.4 is 0 Å². The Morgan fingerprint density at radius 3 is 1.38 bits per heavy atom. The Kier molecular flexibility index (Phi) is 7.43. The largest absolute Gasteiger partial charge is 0.456 e. The number of furan rings is 1. The standard InChI is InChI=1S/C49H31N3O/c1-3-12-32(13-4-1)33-24-26-34(27-25-33)35-28-30-37(31-29-35)40-19-10-22-43-45(40)46-42(21-11-23-44(46)53-43)49-51-47(38-15-5-2-6-16-38)50-48(52-49)41-20-9-17-36-14-7-8-18-39(36)41/h1-31H. The van der Waals surface area contributed by atoms with E-state index in [9.17, 15) is 0 Å². The van der Waals surface area contributed by atoms with Crippen molar-refractivity contribution in [1.29, 1.82) is 0 Å². The lowest BCUT2D eigenvalue weighted by Gasteiger charge is -2.11. The van der Waals surface area contributed by atoms with Crippen molar-refractivity contribution >= 4 is 32.7 Å².